The largest absolute Gasteiger partial charge is 0.467 e. The average Bonchev–Trinajstić information content (AvgIpc) is 2.53. The van der Waals surface area contributed by atoms with Gasteiger partial charge in [0.05, 0.1) is 12.7 Å². The molecule has 0 saturated carbocycles. The van der Waals surface area contributed by atoms with Crippen molar-refractivity contribution in [3.63, 3.8) is 0 Å². The van der Waals surface area contributed by atoms with Gasteiger partial charge in [0.15, 0.2) is 5.72 Å². The lowest BCUT2D eigenvalue weighted by molar-refractivity contribution is -0.134. The summed E-state index contributed by atoms with van der Waals surface area (Å²) in [6, 6.07) is 5.29. The molecule has 2 aliphatic rings. The highest BCUT2D eigenvalue weighted by atomic mass is 16.5. The Morgan fingerprint density at radius 3 is 2.86 bits per heavy atom. The molecule has 0 atom stereocenters. The summed E-state index contributed by atoms with van der Waals surface area (Å²) in [7, 11) is 1.32. The first-order valence-electron chi connectivity index (χ1n) is 7.24. The maximum atomic E-state index is 12.4. The molecule has 1 aromatic rings. The van der Waals surface area contributed by atoms with Crippen molar-refractivity contribution in [2.45, 2.75) is 18.6 Å². The lowest BCUT2D eigenvalue weighted by atomic mass is 9.97. The summed E-state index contributed by atoms with van der Waals surface area (Å²) in [5.41, 5.74) is 0.624. The molecule has 0 bridgehead atoms. The number of carbonyl (C=O) groups is 2. The Kier molecular flexibility index (Phi) is 3.85. The fourth-order valence-corrected chi connectivity index (χ4v) is 2.72. The maximum Gasteiger partial charge on any atom is 0.330 e. The molecule has 1 amide bonds. The number of benzene rings is 1. The normalized spacial score (nSPS) is 19.4. The molecule has 2 N–H and O–H groups in total. The highest BCUT2D eigenvalue weighted by Gasteiger charge is 2.40. The molecule has 0 aromatic heterocycles. The third-order valence-corrected chi connectivity index (χ3v) is 3.92. The number of hydrogen-bond acceptors (Lipinski definition) is 5. The Morgan fingerprint density at radius 2 is 2.14 bits per heavy atom. The Bertz CT molecular complexity index is 633. The first kappa shape index (κ1) is 14.6. The van der Waals surface area contributed by atoms with Gasteiger partial charge in [-0.05, 0) is 23.8 Å². The second kappa shape index (κ2) is 5.81. The van der Waals surface area contributed by atoms with Gasteiger partial charge >= 0.3 is 5.97 Å². The number of piperidine rings is 1. The molecular formula is C16H18N2O4. The quantitative estimate of drug-likeness (QED) is 0.631. The summed E-state index contributed by atoms with van der Waals surface area (Å²) in [5.74, 6) is 0.00409. The van der Waals surface area contributed by atoms with Crippen LogP contribution in [0.25, 0.3) is 6.08 Å². The van der Waals surface area contributed by atoms with Crippen LogP contribution >= 0.6 is 0 Å². The van der Waals surface area contributed by atoms with Crippen LogP contribution in [0.15, 0.2) is 24.3 Å². The van der Waals surface area contributed by atoms with E-state index in [0.29, 0.717) is 11.3 Å². The van der Waals surface area contributed by atoms with Gasteiger partial charge in [0.1, 0.15) is 5.75 Å². The van der Waals surface area contributed by atoms with Crippen LogP contribution in [0.2, 0.25) is 0 Å². The van der Waals surface area contributed by atoms with E-state index in [4.69, 9.17) is 4.74 Å². The van der Waals surface area contributed by atoms with Crippen molar-refractivity contribution in [2.24, 2.45) is 0 Å². The van der Waals surface area contributed by atoms with E-state index in [2.05, 4.69) is 15.4 Å². The minimum atomic E-state index is -0.599. The molecule has 0 aliphatic carbocycles. The zero-order valence-electron chi connectivity index (χ0n) is 12.3. The van der Waals surface area contributed by atoms with Gasteiger partial charge in [-0.1, -0.05) is 6.07 Å². The molecule has 3 rings (SSSR count). The molecule has 2 heterocycles. The van der Waals surface area contributed by atoms with Crippen molar-refractivity contribution in [2.75, 3.05) is 20.2 Å². The van der Waals surface area contributed by atoms with Crippen molar-refractivity contribution in [1.29, 1.82) is 0 Å². The predicted molar refractivity (Wildman–Crippen MR) is 80.4 cm³/mol. The van der Waals surface area contributed by atoms with Crippen LogP contribution < -0.4 is 15.4 Å². The topological polar surface area (TPSA) is 76.7 Å². The van der Waals surface area contributed by atoms with Crippen LogP contribution in [0, 0.1) is 0 Å². The van der Waals surface area contributed by atoms with Gasteiger partial charge in [0, 0.05) is 32.0 Å². The van der Waals surface area contributed by atoms with Crippen molar-refractivity contribution >= 4 is 18.0 Å². The molecule has 1 saturated heterocycles. The van der Waals surface area contributed by atoms with Crippen molar-refractivity contribution < 1.29 is 19.1 Å². The molecule has 0 radical (unpaired) electrons. The van der Waals surface area contributed by atoms with Gasteiger partial charge in [0.25, 0.3) is 5.91 Å². The van der Waals surface area contributed by atoms with Gasteiger partial charge < -0.3 is 20.1 Å². The predicted octanol–water partition coefficient (Wildman–Crippen LogP) is 1.07. The number of amides is 1. The number of nitrogens with one attached hydrogen (secondary N) is 2. The van der Waals surface area contributed by atoms with Gasteiger partial charge in [-0.3, -0.25) is 4.79 Å². The Labute approximate surface area is 128 Å². The zero-order valence-corrected chi connectivity index (χ0v) is 12.3. The molecule has 1 aromatic carbocycles. The second-order valence-corrected chi connectivity index (χ2v) is 5.41. The van der Waals surface area contributed by atoms with Gasteiger partial charge in [0.2, 0.25) is 0 Å². The molecule has 22 heavy (non-hydrogen) atoms. The first-order chi connectivity index (χ1) is 10.6. The number of fused-ring (bicyclic) bond motifs is 1. The summed E-state index contributed by atoms with van der Waals surface area (Å²) in [5, 5.41) is 6.23. The van der Waals surface area contributed by atoms with E-state index in [1.54, 1.807) is 18.2 Å². The highest BCUT2D eigenvalue weighted by Crippen LogP contribution is 2.32. The van der Waals surface area contributed by atoms with Crippen molar-refractivity contribution in [3.8, 4) is 5.75 Å². The third kappa shape index (κ3) is 2.82. The summed E-state index contributed by atoms with van der Waals surface area (Å²) >= 11 is 0. The second-order valence-electron chi connectivity index (χ2n) is 5.41. The lowest BCUT2D eigenvalue weighted by Gasteiger charge is -2.41. The van der Waals surface area contributed by atoms with E-state index in [1.165, 1.54) is 13.2 Å². The van der Waals surface area contributed by atoms with Crippen molar-refractivity contribution in [3.05, 3.63) is 35.4 Å². The van der Waals surface area contributed by atoms with Crippen LogP contribution in [0.4, 0.5) is 0 Å². The minimum Gasteiger partial charge on any atom is -0.467 e. The van der Waals surface area contributed by atoms with Gasteiger partial charge in [-0.25, -0.2) is 4.79 Å². The van der Waals surface area contributed by atoms with Gasteiger partial charge in [-0.2, -0.15) is 0 Å². The summed E-state index contributed by atoms with van der Waals surface area (Å²) in [4.78, 5) is 23.5. The highest BCUT2D eigenvalue weighted by molar-refractivity contribution is 5.99. The van der Waals surface area contributed by atoms with E-state index >= 15 is 0 Å². The summed E-state index contributed by atoms with van der Waals surface area (Å²) < 4.78 is 10.6. The SMILES string of the molecule is COC(=O)/C=C/c1ccc2c(c1)C(=O)NC1(CCNCC1)O2. The lowest BCUT2D eigenvalue weighted by Crippen LogP contribution is -2.60. The van der Waals surface area contributed by atoms with Gasteiger partial charge in [-0.15, -0.1) is 0 Å². The molecule has 1 spiro atoms. The maximum absolute atomic E-state index is 12.4. The number of hydrogen-bond donors (Lipinski definition) is 2. The molecule has 6 heteroatoms. The fourth-order valence-electron chi connectivity index (χ4n) is 2.72. The Hall–Kier alpha value is -2.34. The molecular weight excluding hydrogens is 284 g/mol. The number of ether oxygens (including phenoxy) is 2. The molecule has 0 unspecified atom stereocenters. The molecule has 1 fully saturated rings. The fraction of sp³-hybridized carbons (Fsp3) is 0.375. The van der Waals surface area contributed by atoms with Crippen LogP contribution in [0.1, 0.15) is 28.8 Å². The number of esters is 1. The molecule has 2 aliphatic heterocycles. The van der Waals surface area contributed by atoms with Crippen LogP contribution in [0.3, 0.4) is 0 Å². The molecule has 6 nitrogen and oxygen atoms in total. The first-order valence-corrected chi connectivity index (χ1v) is 7.24. The van der Waals surface area contributed by atoms with Crippen LogP contribution in [-0.4, -0.2) is 37.8 Å². The minimum absolute atomic E-state index is 0.142. The molecule has 116 valence electrons. The van der Waals surface area contributed by atoms with E-state index < -0.39 is 11.7 Å². The smallest absolute Gasteiger partial charge is 0.330 e. The standard InChI is InChI=1S/C16H18N2O4/c1-21-14(19)5-3-11-2-4-13-12(10-11)15(20)18-16(22-13)6-8-17-9-7-16/h2-5,10,17H,6-9H2,1H3,(H,18,20)/b5-3+. The number of methoxy groups -OCH3 is 1. The van der Waals surface area contributed by atoms with Crippen LogP contribution in [0.5, 0.6) is 5.75 Å². The zero-order chi connectivity index (χ0) is 15.6. The van der Waals surface area contributed by atoms with Crippen molar-refractivity contribution in [1.82, 2.24) is 10.6 Å². The van der Waals surface area contributed by atoms with E-state index in [0.717, 1.165) is 31.5 Å². The number of rotatable bonds is 2. The van der Waals surface area contributed by atoms with E-state index in [-0.39, 0.29) is 5.91 Å². The Balaban J connectivity index is 1.85. The summed E-state index contributed by atoms with van der Waals surface area (Å²) in [6.07, 6.45) is 4.40. The Morgan fingerprint density at radius 1 is 1.36 bits per heavy atom. The third-order valence-electron chi connectivity index (χ3n) is 3.92. The monoisotopic (exact) mass is 302 g/mol. The summed E-state index contributed by atoms with van der Waals surface area (Å²) in [6.45, 7) is 1.63. The van der Waals surface area contributed by atoms with Crippen LogP contribution in [-0.2, 0) is 9.53 Å². The number of carbonyl (C=O) groups excluding carboxylic acids is 2. The van der Waals surface area contributed by atoms with E-state index in [9.17, 15) is 9.59 Å². The average molecular weight is 302 g/mol. The van der Waals surface area contributed by atoms with E-state index in [1.807, 2.05) is 6.07 Å².